The molecule has 0 fully saturated rings. The summed E-state index contributed by atoms with van der Waals surface area (Å²) in [5.41, 5.74) is 3.21. The number of carbonyl (C=O) groups is 1. The quantitative estimate of drug-likeness (QED) is 0.589. The highest BCUT2D eigenvalue weighted by atomic mass is 35.5. The average Bonchev–Trinajstić information content (AvgIpc) is 3.02. The lowest BCUT2D eigenvalue weighted by atomic mass is 10.2. The van der Waals surface area contributed by atoms with Gasteiger partial charge in [0, 0.05) is 37.0 Å². The van der Waals surface area contributed by atoms with Crippen molar-refractivity contribution in [1.82, 2.24) is 15.3 Å². The van der Waals surface area contributed by atoms with Gasteiger partial charge in [-0.2, -0.15) is 0 Å². The average molecular weight is 373 g/mol. The Bertz CT molecular complexity index is 558. The molecule has 0 atom stereocenters. The van der Waals surface area contributed by atoms with Gasteiger partial charge in [-0.25, -0.2) is 4.98 Å². The number of nitrogens with one attached hydrogen (secondary N) is 3. The van der Waals surface area contributed by atoms with Gasteiger partial charge in [0.2, 0.25) is 5.91 Å². The van der Waals surface area contributed by atoms with Gasteiger partial charge in [-0.15, -0.1) is 24.8 Å². The number of hydrogen-bond donors (Lipinski definition) is 3. The van der Waals surface area contributed by atoms with Crippen LogP contribution in [0, 0.1) is 6.92 Å². The van der Waals surface area contributed by atoms with E-state index in [0.717, 1.165) is 43.7 Å². The lowest BCUT2D eigenvalue weighted by molar-refractivity contribution is -0.116. The van der Waals surface area contributed by atoms with E-state index in [0.29, 0.717) is 6.42 Å². The molecule has 1 amide bonds. The third-order valence-electron chi connectivity index (χ3n) is 3.47. The molecule has 1 aromatic carbocycles. The number of aromatic amines is 1. The Morgan fingerprint density at radius 1 is 1.12 bits per heavy atom. The number of aryl methyl sites for hydroxylation is 1. The van der Waals surface area contributed by atoms with E-state index in [1.807, 2.05) is 37.4 Å². The summed E-state index contributed by atoms with van der Waals surface area (Å²) >= 11 is 0. The van der Waals surface area contributed by atoms with Gasteiger partial charge in [-0.3, -0.25) is 4.79 Å². The second-order valence-corrected chi connectivity index (χ2v) is 5.45. The van der Waals surface area contributed by atoms with Crippen LogP contribution in [0.1, 0.15) is 30.5 Å². The topological polar surface area (TPSA) is 69.8 Å². The van der Waals surface area contributed by atoms with E-state index in [2.05, 4.69) is 20.6 Å². The number of benzene rings is 1. The Morgan fingerprint density at radius 2 is 1.88 bits per heavy atom. The Morgan fingerprint density at radius 3 is 2.54 bits per heavy atom. The van der Waals surface area contributed by atoms with Crippen molar-refractivity contribution in [2.45, 2.75) is 32.6 Å². The normalized spacial score (nSPS) is 9.71. The molecular weight excluding hydrogens is 347 g/mol. The third-order valence-corrected chi connectivity index (χ3v) is 3.47. The highest BCUT2D eigenvalue weighted by Crippen LogP contribution is 2.09. The van der Waals surface area contributed by atoms with E-state index in [1.165, 1.54) is 5.56 Å². The summed E-state index contributed by atoms with van der Waals surface area (Å²) in [7, 11) is 0. The van der Waals surface area contributed by atoms with Crippen LogP contribution in [-0.2, 0) is 11.2 Å². The van der Waals surface area contributed by atoms with Gasteiger partial charge in [0.25, 0.3) is 0 Å². The monoisotopic (exact) mass is 372 g/mol. The smallest absolute Gasteiger partial charge is 0.224 e. The largest absolute Gasteiger partial charge is 0.348 e. The molecule has 7 heteroatoms. The number of amides is 1. The molecule has 0 unspecified atom stereocenters. The molecule has 24 heavy (non-hydrogen) atoms. The fourth-order valence-electron chi connectivity index (χ4n) is 2.17. The molecule has 1 aromatic heterocycles. The highest BCUT2D eigenvalue weighted by molar-refractivity contribution is 5.90. The van der Waals surface area contributed by atoms with Crippen LogP contribution < -0.4 is 10.6 Å². The lowest BCUT2D eigenvalue weighted by Gasteiger charge is -2.06. The van der Waals surface area contributed by atoms with Crippen LogP contribution >= 0.6 is 24.8 Å². The van der Waals surface area contributed by atoms with Gasteiger partial charge in [-0.1, -0.05) is 17.7 Å². The Kier molecular flexibility index (Phi) is 12.0. The first-order chi connectivity index (χ1) is 10.7. The number of imidazole rings is 1. The van der Waals surface area contributed by atoms with E-state index >= 15 is 0 Å². The van der Waals surface area contributed by atoms with Crippen molar-refractivity contribution in [3.05, 3.63) is 48.0 Å². The van der Waals surface area contributed by atoms with Crippen molar-refractivity contribution in [3.8, 4) is 0 Å². The van der Waals surface area contributed by atoms with Crippen LogP contribution in [0.5, 0.6) is 0 Å². The summed E-state index contributed by atoms with van der Waals surface area (Å²) in [6, 6.07) is 7.87. The van der Waals surface area contributed by atoms with Crippen LogP contribution in [-0.4, -0.2) is 29.0 Å². The predicted octanol–water partition coefficient (Wildman–Crippen LogP) is 3.50. The van der Waals surface area contributed by atoms with Crippen molar-refractivity contribution in [2.75, 3.05) is 18.4 Å². The van der Waals surface area contributed by atoms with Gasteiger partial charge in [0.05, 0.1) is 6.33 Å². The van der Waals surface area contributed by atoms with Crippen molar-refractivity contribution in [1.29, 1.82) is 0 Å². The number of unbranched alkanes of at least 4 members (excludes halogenated alkanes) is 1. The number of rotatable bonds is 9. The van der Waals surface area contributed by atoms with Crippen LogP contribution in [0.25, 0.3) is 0 Å². The maximum atomic E-state index is 11.8. The van der Waals surface area contributed by atoms with E-state index in [1.54, 1.807) is 6.33 Å². The highest BCUT2D eigenvalue weighted by Gasteiger charge is 2.02. The van der Waals surface area contributed by atoms with Crippen LogP contribution in [0.4, 0.5) is 5.69 Å². The Hall–Kier alpha value is -1.56. The Labute approximate surface area is 155 Å². The molecule has 3 N–H and O–H groups in total. The van der Waals surface area contributed by atoms with Gasteiger partial charge >= 0.3 is 0 Å². The molecule has 0 saturated carbocycles. The zero-order valence-electron chi connectivity index (χ0n) is 13.9. The first-order valence-electron chi connectivity index (χ1n) is 7.78. The molecule has 0 aliphatic rings. The van der Waals surface area contributed by atoms with Gasteiger partial charge in [-0.05, 0) is 38.4 Å². The fraction of sp³-hybridized carbons (Fsp3) is 0.412. The second-order valence-electron chi connectivity index (χ2n) is 5.45. The summed E-state index contributed by atoms with van der Waals surface area (Å²) in [5.74, 6) is 0.0845. The minimum Gasteiger partial charge on any atom is -0.348 e. The zero-order chi connectivity index (χ0) is 15.6. The maximum absolute atomic E-state index is 11.8. The SMILES string of the molecule is Cc1ccc(NC(=O)CCCCNCCc2cnc[nH]2)cc1.Cl.Cl. The molecule has 2 rings (SSSR count). The molecular formula is C17H26Cl2N4O. The van der Waals surface area contributed by atoms with Crippen LogP contribution in [0.15, 0.2) is 36.8 Å². The number of aromatic nitrogens is 2. The standard InChI is InChI=1S/C17H24N4O.2ClH/c1-14-5-7-15(8-6-14)21-17(22)4-2-3-10-18-11-9-16-12-19-13-20-16;;/h5-8,12-13,18H,2-4,9-11H2,1H3,(H,19,20)(H,21,22);2*1H. The molecule has 0 bridgehead atoms. The predicted molar refractivity (Wildman–Crippen MR) is 103 cm³/mol. The molecule has 5 nitrogen and oxygen atoms in total. The third kappa shape index (κ3) is 8.91. The summed E-state index contributed by atoms with van der Waals surface area (Å²) in [6.45, 7) is 3.90. The molecule has 0 saturated heterocycles. The number of carbonyl (C=O) groups excluding carboxylic acids is 1. The maximum Gasteiger partial charge on any atom is 0.224 e. The molecule has 134 valence electrons. The number of H-pyrrole nitrogens is 1. The summed E-state index contributed by atoms with van der Waals surface area (Å²) < 4.78 is 0. The summed E-state index contributed by atoms with van der Waals surface area (Å²) in [5, 5.41) is 6.29. The molecule has 2 aromatic rings. The fourth-order valence-corrected chi connectivity index (χ4v) is 2.17. The number of nitrogens with zero attached hydrogens (tertiary/aromatic N) is 1. The van der Waals surface area contributed by atoms with E-state index in [9.17, 15) is 4.79 Å². The first-order valence-corrected chi connectivity index (χ1v) is 7.78. The summed E-state index contributed by atoms with van der Waals surface area (Å²) in [4.78, 5) is 18.9. The van der Waals surface area contributed by atoms with Gasteiger partial charge in [0.1, 0.15) is 0 Å². The lowest BCUT2D eigenvalue weighted by Crippen LogP contribution is -2.19. The number of anilines is 1. The van der Waals surface area contributed by atoms with E-state index in [4.69, 9.17) is 0 Å². The van der Waals surface area contributed by atoms with Crippen molar-refractivity contribution in [2.24, 2.45) is 0 Å². The van der Waals surface area contributed by atoms with Crippen LogP contribution in [0.3, 0.4) is 0 Å². The van der Waals surface area contributed by atoms with Gasteiger partial charge in [0.15, 0.2) is 0 Å². The van der Waals surface area contributed by atoms with Crippen molar-refractivity contribution < 1.29 is 4.79 Å². The Balaban J connectivity index is 0.00000264. The van der Waals surface area contributed by atoms with Crippen molar-refractivity contribution >= 4 is 36.4 Å². The number of hydrogen-bond acceptors (Lipinski definition) is 3. The molecule has 0 radical (unpaired) electrons. The zero-order valence-corrected chi connectivity index (χ0v) is 15.5. The second kappa shape index (κ2) is 12.8. The van der Waals surface area contributed by atoms with Crippen LogP contribution in [0.2, 0.25) is 0 Å². The first kappa shape index (κ1) is 22.4. The van der Waals surface area contributed by atoms with E-state index in [-0.39, 0.29) is 30.7 Å². The minimum absolute atomic E-state index is 0. The molecule has 0 spiro atoms. The number of halogens is 2. The summed E-state index contributed by atoms with van der Waals surface area (Å²) in [6.07, 6.45) is 6.96. The molecule has 0 aliphatic carbocycles. The van der Waals surface area contributed by atoms with Crippen molar-refractivity contribution in [3.63, 3.8) is 0 Å². The van der Waals surface area contributed by atoms with E-state index < -0.39 is 0 Å². The molecule has 0 aliphatic heterocycles. The minimum atomic E-state index is 0. The van der Waals surface area contributed by atoms with Gasteiger partial charge < -0.3 is 15.6 Å². The molecule has 1 heterocycles.